The Hall–Kier alpha value is -1.04. The standard InChI is InChI=1S/C16H23/c1-5-6-7-8-9-14-10-12-15(13-11-14)16(2,3)4/h1,5,10-13H,6-9H2,2-4H3. The number of rotatable bonds is 5. The van der Waals surface area contributed by atoms with Crippen LogP contribution in [0.3, 0.4) is 0 Å². The van der Waals surface area contributed by atoms with Gasteiger partial charge >= 0.3 is 0 Å². The molecule has 1 rings (SSSR count). The smallest absolute Gasteiger partial charge is 0.0132 e. The Morgan fingerprint density at radius 3 is 2.19 bits per heavy atom. The molecular weight excluding hydrogens is 192 g/mol. The van der Waals surface area contributed by atoms with E-state index in [1.165, 1.54) is 24.0 Å². The topological polar surface area (TPSA) is 0 Å². The fourth-order valence-corrected chi connectivity index (χ4v) is 1.76. The molecule has 0 aromatic heterocycles. The van der Waals surface area contributed by atoms with Gasteiger partial charge in [0.05, 0.1) is 0 Å². The minimum atomic E-state index is 0.257. The number of benzene rings is 1. The van der Waals surface area contributed by atoms with Crippen molar-refractivity contribution in [3.63, 3.8) is 0 Å². The highest BCUT2D eigenvalue weighted by molar-refractivity contribution is 5.27. The van der Waals surface area contributed by atoms with Crippen LogP contribution >= 0.6 is 0 Å². The van der Waals surface area contributed by atoms with E-state index in [0.29, 0.717) is 0 Å². The number of unbranched alkanes of at least 4 members (excludes halogenated alkanes) is 2. The van der Waals surface area contributed by atoms with Gasteiger partial charge in [-0.05, 0) is 42.2 Å². The minimum Gasteiger partial charge on any atom is -0.0845 e. The van der Waals surface area contributed by atoms with E-state index in [2.05, 4.69) is 45.0 Å². The van der Waals surface area contributed by atoms with Crippen molar-refractivity contribution in [1.82, 2.24) is 0 Å². The Morgan fingerprint density at radius 1 is 1.06 bits per heavy atom. The molecule has 0 saturated heterocycles. The summed E-state index contributed by atoms with van der Waals surface area (Å²) in [5.41, 5.74) is 3.10. The average Bonchev–Trinajstić information content (AvgIpc) is 2.24. The van der Waals surface area contributed by atoms with Gasteiger partial charge in [0, 0.05) is 0 Å². The van der Waals surface area contributed by atoms with Gasteiger partial charge in [-0.25, -0.2) is 0 Å². The molecule has 0 spiro atoms. The third-order valence-corrected chi connectivity index (χ3v) is 2.91. The Kier molecular flexibility index (Phi) is 4.79. The summed E-state index contributed by atoms with van der Waals surface area (Å²) in [5.74, 6) is 0. The third-order valence-electron chi connectivity index (χ3n) is 2.91. The number of hydrogen-bond donors (Lipinski definition) is 0. The highest BCUT2D eigenvalue weighted by atomic mass is 14.2. The van der Waals surface area contributed by atoms with Crippen molar-refractivity contribution in [1.29, 1.82) is 0 Å². The van der Waals surface area contributed by atoms with Gasteiger partial charge < -0.3 is 0 Å². The van der Waals surface area contributed by atoms with Crippen molar-refractivity contribution < 1.29 is 0 Å². The molecule has 0 amide bonds. The Labute approximate surface area is 100 Å². The molecule has 1 aromatic rings. The third kappa shape index (κ3) is 4.22. The molecule has 0 atom stereocenters. The van der Waals surface area contributed by atoms with E-state index in [1.54, 1.807) is 6.08 Å². The summed E-state index contributed by atoms with van der Waals surface area (Å²) in [6.45, 7) is 12.1. The van der Waals surface area contributed by atoms with Crippen LogP contribution < -0.4 is 0 Å². The molecule has 0 heteroatoms. The van der Waals surface area contributed by atoms with Crippen LogP contribution in [0.5, 0.6) is 0 Å². The Morgan fingerprint density at radius 2 is 1.69 bits per heavy atom. The summed E-state index contributed by atoms with van der Waals surface area (Å²) in [7, 11) is 0. The molecule has 0 saturated carbocycles. The molecule has 1 radical (unpaired) electrons. The van der Waals surface area contributed by atoms with Crippen LogP contribution in [-0.2, 0) is 11.8 Å². The molecule has 0 aliphatic rings. The molecule has 0 N–H and O–H groups in total. The lowest BCUT2D eigenvalue weighted by atomic mass is 9.86. The van der Waals surface area contributed by atoms with Gasteiger partial charge in [0.2, 0.25) is 0 Å². The Balaban J connectivity index is 2.48. The van der Waals surface area contributed by atoms with Crippen molar-refractivity contribution in [2.75, 3.05) is 0 Å². The number of aryl methyl sites for hydroxylation is 1. The largest absolute Gasteiger partial charge is 0.0845 e. The first kappa shape index (κ1) is 13.0. The minimum absolute atomic E-state index is 0.257. The van der Waals surface area contributed by atoms with Gasteiger partial charge in [-0.15, -0.1) is 0 Å². The average molecular weight is 215 g/mol. The highest BCUT2D eigenvalue weighted by Gasteiger charge is 2.12. The van der Waals surface area contributed by atoms with Crippen molar-refractivity contribution in [2.45, 2.75) is 51.9 Å². The highest BCUT2D eigenvalue weighted by Crippen LogP contribution is 2.22. The molecule has 87 valence electrons. The number of allylic oxidation sites excluding steroid dienone is 1. The van der Waals surface area contributed by atoms with Crippen molar-refractivity contribution in [2.24, 2.45) is 0 Å². The Bertz CT molecular complexity index is 311. The van der Waals surface area contributed by atoms with Crippen molar-refractivity contribution >= 4 is 0 Å². The lowest BCUT2D eigenvalue weighted by Crippen LogP contribution is -2.10. The van der Waals surface area contributed by atoms with Crippen LogP contribution in [0.1, 0.15) is 51.2 Å². The van der Waals surface area contributed by atoms with Crippen LogP contribution in [-0.4, -0.2) is 0 Å². The summed E-state index contributed by atoms with van der Waals surface area (Å²) in [6, 6.07) is 9.02. The van der Waals surface area contributed by atoms with E-state index in [-0.39, 0.29) is 5.41 Å². The quantitative estimate of drug-likeness (QED) is 0.625. The van der Waals surface area contributed by atoms with Crippen LogP contribution in [0.2, 0.25) is 0 Å². The fourth-order valence-electron chi connectivity index (χ4n) is 1.76. The summed E-state index contributed by atoms with van der Waals surface area (Å²) < 4.78 is 0. The first-order chi connectivity index (χ1) is 7.54. The lowest BCUT2D eigenvalue weighted by Gasteiger charge is -2.19. The van der Waals surface area contributed by atoms with E-state index >= 15 is 0 Å². The maximum absolute atomic E-state index is 5.35. The zero-order valence-corrected chi connectivity index (χ0v) is 10.8. The maximum atomic E-state index is 5.35. The molecule has 0 unspecified atom stereocenters. The monoisotopic (exact) mass is 215 g/mol. The van der Waals surface area contributed by atoms with Crippen LogP contribution in [0, 0.1) is 6.58 Å². The second-order valence-electron chi connectivity index (χ2n) is 5.43. The molecule has 0 nitrogen and oxygen atoms in total. The summed E-state index contributed by atoms with van der Waals surface area (Å²) in [4.78, 5) is 0. The number of hydrogen-bond acceptors (Lipinski definition) is 0. The van der Waals surface area contributed by atoms with Crippen LogP contribution in [0.15, 0.2) is 30.3 Å². The summed E-state index contributed by atoms with van der Waals surface area (Å²) in [6.07, 6.45) is 6.36. The van der Waals surface area contributed by atoms with E-state index in [9.17, 15) is 0 Å². The van der Waals surface area contributed by atoms with Gasteiger partial charge in [0.15, 0.2) is 0 Å². The molecule has 0 fully saturated rings. The molecule has 16 heavy (non-hydrogen) atoms. The van der Waals surface area contributed by atoms with Gasteiger partial charge in [-0.3, -0.25) is 0 Å². The first-order valence-corrected chi connectivity index (χ1v) is 6.17. The second-order valence-corrected chi connectivity index (χ2v) is 5.43. The molecule has 0 heterocycles. The van der Waals surface area contributed by atoms with Gasteiger partial charge in [0.25, 0.3) is 0 Å². The molecular formula is C16H23. The van der Waals surface area contributed by atoms with Crippen molar-refractivity contribution in [3.8, 4) is 0 Å². The van der Waals surface area contributed by atoms with E-state index in [0.717, 1.165) is 12.8 Å². The molecule has 0 aliphatic heterocycles. The van der Waals surface area contributed by atoms with Gasteiger partial charge in [-0.1, -0.05) is 57.7 Å². The van der Waals surface area contributed by atoms with E-state index in [4.69, 9.17) is 6.58 Å². The molecule has 0 bridgehead atoms. The maximum Gasteiger partial charge on any atom is -0.0132 e. The lowest BCUT2D eigenvalue weighted by molar-refractivity contribution is 0.590. The van der Waals surface area contributed by atoms with Crippen LogP contribution in [0.25, 0.3) is 0 Å². The van der Waals surface area contributed by atoms with Crippen molar-refractivity contribution in [3.05, 3.63) is 48.0 Å². The van der Waals surface area contributed by atoms with Gasteiger partial charge in [-0.2, -0.15) is 0 Å². The zero-order valence-electron chi connectivity index (χ0n) is 10.8. The van der Waals surface area contributed by atoms with Crippen LogP contribution in [0.4, 0.5) is 0 Å². The summed E-state index contributed by atoms with van der Waals surface area (Å²) in [5, 5.41) is 0. The zero-order chi connectivity index (χ0) is 12.0. The first-order valence-electron chi connectivity index (χ1n) is 6.17. The fraction of sp³-hybridized carbons (Fsp3) is 0.500. The van der Waals surface area contributed by atoms with E-state index < -0.39 is 0 Å². The van der Waals surface area contributed by atoms with Gasteiger partial charge in [0.1, 0.15) is 0 Å². The molecule has 1 aromatic carbocycles. The van der Waals surface area contributed by atoms with E-state index in [1.807, 2.05) is 0 Å². The normalized spacial score (nSPS) is 11.4. The second kappa shape index (κ2) is 5.89. The SMILES string of the molecule is [CH]=CCCCCc1ccc(C(C)(C)C)cc1. The summed E-state index contributed by atoms with van der Waals surface area (Å²) >= 11 is 0. The molecule has 0 aliphatic carbocycles. The predicted molar refractivity (Wildman–Crippen MR) is 71.6 cm³/mol. The predicted octanol–water partition coefficient (Wildman–Crippen LogP) is 4.69.